The Kier molecular flexibility index (Phi) is 8.28. The van der Waals surface area contributed by atoms with E-state index < -0.39 is 0 Å². The number of benzene rings is 1. The van der Waals surface area contributed by atoms with Crippen LogP contribution in [0.15, 0.2) is 84.2 Å². The summed E-state index contributed by atoms with van der Waals surface area (Å²) in [6, 6.07) is 21.1. The molecule has 0 aliphatic carbocycles. The molecule has 0 N–H and O–H groups in total. The smallest absolute Gasteiger partial charge is 0.0950 e. The first kappa shape index (κ1) is 18.4. The molecule has 7 heteroatoms. The van der Waals surface area contributed by atoms with Gasteiger partial charge in [-0.05, 0) is 18.0 Å². The molecule has 0 aliphatic heterocycles. The average Bonchev–Trinajstić information content (AvgIpc) is 2.65. The Balaban J connectivity index is 0.000000647. The molecule has 0 spiro atoms. The molecule has 2 heterocycles. The van der Waals surface area contributed by atoms with Crippen LogP contribution < -0.4 is 0 Å². The maximum Gasteiger partial charge on any atom is 0.0950 e. The summed E-state index contributed by atoms with van der Waals surface area (Å²) < 4.78 is 0. The van der Waals surface area contributed by atoms with E-state index in [1.807, 2.05) is 66.7 Å². The van der Waals surface area contributed by atoms with Crippen molar-refractivity contribution >= 4 is 31.7 Å². The van der Waals surface area contributed by atoms with Crippen LogP contribution in [0, 0.1) is 0 Å². The summed E-state index contributed by atoms with van der Waals surface area (Å²) in [7, 11) is 9.34. The molecule has 0 aliphatic rings. The predicted octanol–water partition coefficient (Wildman–Crippen LogP) is 5.31. The molecule has 0 fully saturated rings. The van der Waals surface area contributed by atoms with E-state index in [9.17, 15) is 0 Å². The van der Waals surface area contributed by atoms with E-state index in [-0.39, 0.29) is 0 Å². The minimum Gasteiger partial charge on any atom is -0.442 e. The van der Waals surface area contributed by atoms with Crippen LogP contribution in [0.1, 0.15) is 11.3 Å². The van der Waals surface area contributed by atoms with Crippen molar-refractivity contribution in [1.29, 1.82) is 0 Å². The van der Waals surface area contributed by atoms with Crippen molar-refractivity contribution in [2.75, 3.05) is 0 Å². The summed E-state index contributed by atoms with van der Waals surface area (Å²) >= 11 is 0.757. The third-order valence-corrected chi connectivity index (χ3v) is 2.86. The van der Waals surface area contributed by atoms with E-state index in [0.29, 0.717) is 5.82 Å². The second-order valence-electron chi connectivity index (χ2n) is 4.36. The second-order valence-corrected chi connectivity index (χ2v) is 5.92. The largest absolute Gasteiger partial charge is 0.442 e. The number of nitrogens with zero attached hydrogens (tertiary/aromatic N) is 4. The minimum absolute atomic E-state index is 0.571. The van der Waals surface area contributed by atoms with Crippen LogP contribution in [0.5, 0.6) is 0 Å². The summed E-state index contributed by atoms with van der Waals surface area (Å²) in [5, 5.41) is 4.35. The summed E-state index contributed by atoms with van der Waals surface area (Å²) in [4.78, 5) is 8.50. The molecule has 2 aromatic heterocycles. The number of hydrogen-bond donors (Lipinski definition) is 0. The Bertz CT molecular complexity index is 699. The summed E-state index contributed by atoms with van der Waals surface area (Å²) in [5.41, 5.74) is 6.67. The van der Waals surface area contributed by atoms with E-state index in [4.69, 9.17) is 0 Å². The standard InChI is InChI=1S/C17H13N4.2ClH.Cu/c1-2-8-14(9-3-1)17(15-10-4-6-12-18-15)21-20-16-11-5-7-13-19-16;;;/h1-13H;2*1H;/q-1;;;+2/p-2. The maximum atomic E-state index is 4.67. The summed E-state index contributed by atoms with van der Waals surface area (Å²) in [5.74, 6) is 0.571. The van der Waals surface area contributed by atoms with Crippen molar-refractivity contribution in [1.82, 2.24) is 9.97 Å². The Morgan fingerprint density at radius 1 is 0.833 bits per heavy atom. The van der Waals surface area contributed by atoms with Crippen LogP contribution in [0.2, 0.25) is 0 Å². The van der Waals surface area contributed by atoms with Gasteiger partial charge in [0.1, 0.15) is 0 Å². The minimum atomic E-state index is 0.571. The van der Waals surface area contributed by atoms with E-state index in [0.717, 1.165) is 30.1 Å². The molecule has 127 valence electrons. The molecular weight excluding hydrogens is 395 g/mol. The van der Waals surface area contributed by atoms with Crippen molar-refractivity contribution in [3.63, 3.8) is 0 Å². The SMILES string of the molecule is [Cl][Cu][Cl].c1ccc(C(=N[N-]c2ccccn2)c2ccccn2)cc1. The molecule has 3 aromatic rings. The van der Waals surface area contributed by atoms with Crippen LogP contribution >= 0.6 is 20.2 Å². The summed E-state index contributed by atoms with van der Waals surface area (Å²) in [6.07, 6.45) is 3.44. The molecule has 0 bridgehead atoms. The van der Waals surface area contributed by atoms with E-state index in [2.05, 4.69) is 40.7 Å². The van der Waals surface area contributed by atoms with Crippen molar-refractivity contribution in [2.45, 2.75) is 0 Å². The molecular formula is C17H13Cl2CuN4-. The van der Waals surface area contributed by atoms with Crippen molar-refractivity contribution < 1.29 is 13.1 Å². The Hall–Kier alpha value is -1.91. The van der Waals surface area contributed by atoms with Gasteiger partial charge in [-0.1, -0.05) is 60.8 Å². The van der Waals surface area contributed by atoms with Crippen LogP contribution in [0.25, 0.3) is 5.43 Å². The fourth-order valence-electron chi connectivity index (χ4n) is 1.87. The zero-order valence-electron chi connectivity index (χ0n) is 12.4. The fraction of sp³-hybridized carbons (Fsp3) is 0. The molecule has 4 nitrogen and oxygen atoms in total. The van der Waals surface area contributed by atoms with Gasteiger partial charge in [-0.15, -0.1) is 0 Å². The second kappa shape index (κ2) is 10.8. The summed E-state index contributed by atoms with van der Waals surface area (Å²) in [6.45, 7) is 0. The number of rotatable bonds is 4. The Labute approximate surface area is 155 Å². The maximum absolute atomic E-state index is 4.67. The van der Waals surface area contributed by atoms with Crippen LogP contribution in [0.3, 0.4) is 0 Å². The first-order valence-corrected chi connectivity index (χ1v) is 9.42. The van der Waals surface area contributed by atoms with E-state index in [1.54, 1.807) is 12.4 Å². The molecule has 0 saturated heterocycles. The zero-order valence-corrected chi connectivity index (χ0v) is 14.8. The van der Waals surface area contributed by atoms with Gasteiger partial charge in [0, 0.05) is 11.8 Å². The molecule has 0 unspecified atom stereocenters. The number of aromatic nitrogens is 2. The van der Waals surface area contributed by atoms with Gasteiger partial charge in [0.15, 0.2) is 0 Å². The van der Waals surface area contributed by atoms with Crippen molar-refractivity contribution in [3.8, 4) is 0 Å². The first-order chi connectivity index (χ1) is 11.8. The molecule has 0 atom stereocenters. The van der Waals surface area contributed by atoms with Gasteiger partial charge in [-0.2, -0.15) is 0 Å². The van der Waals surface area contributed by atoms with Gasteiger partial charge in [0.05, 0.1) is 11.4 Å². The third-order valence-electron chi connectivity index (χ3n) is 2.86. The van der Waals surface area contributed by atoms with Crippen molar-refractivity contribution in [3.05, 3.63) is 95.8 Å². The average molecular weight is 408 g/mol. The first-order valence-electron chi connectivity index (χ1n) is 6.83. The zero-order chi connectivity index (χ0) is 17.0. The van der Waals surface area contributed by atoms with Gasteiger partial charge in [-0.25, -0.2) is 0 Å². The van der Waals surface area contributed by atoms with Gasteiger partial charge >= 0.3 is 33.3 Å². The van der Waals surface area contributed by atoms with Crippen LogP contribution in [0.4, 0.5) is 5.82 Å². The quantitative estimate of drug-likeness (QED) is 0.334. The van der Waals surface area contributed by atoms with Crippen LogP contribution in [-0.2, 0) is 13.1 Å². The molecule has 1 aromatic carbocycles. The topological polar surface area (TPSA) is 52.2 Å². The van der Waals surface area contributed by atoms with E-state index in [1.165, 1.54) is 0 Å². The number of hydrogen-bond acceptors (Lipinski definition) is 3. The Morgan fingerprint density at radius 2 is 1.46 bits per heavy atom. The van der Waals surface area contributed by atoms with E-state index >= 15 is 0 Å². The molecule has 0 amide bonds. The van der Waals surface area contributed by atoms with Gasteiger partial charge in [0.25, 0.3) is 0 Å². The molecule has 0 saturated carbocycles. The Morgan fingerprint density at radius 3 is 2.04 bits per heavy atom. The monoisotopic (exact) mass is 406 g/mol. The molecule has 24 heavy (non-hydrogen) atoms. The van der Waals surface area contributed by atoms with Gasteiger partial charge < -0.3 is 10.4 Å². The third kappa shape index (κ3) is 5.95. The van der Waals surface area contributed by atoms with Gasteiger partial charge in [0.2, 0.25) is 0 Å². The van der Waals surface area contributed by atoms with Crippen molar-refractivity contribution in [2.24, 2.45) is 5.10 Å². The van der Waals surface area contributed by atoms with Crippen LogP contribution in [-0.4, -0.2) is 15.7 Å². The van der Waals surface area contributed by atoms with Gasteiger partial charge in [-0.3, -0.25) is 10.1 Å². The molecule has 3 rings (SSSR count). The number of halogens is 2. The predicted molar refractivity (Wildman–Crippen MR) is 95.3 cm³/mol. The fourth-order valence-corrected chi connectivity index (χ4v) is 1.87. The molecule has 0 radical (unpaired) electrons. The normalized spacial score (nSPS) is 10.7. The number of pyridine rings is 2.